The summed E-state index contributed by atoms with van der Waals surface area (Å²) in [7, 11) is 0. The normalized spacial score (nSPS) is 14.5. The van der Waals surface area contributed by atoms with Crippen LogP contribution in [0.1, 0.15) is 47.5 Å². The zero-order valence-electron chi connectivity index (χ0n) is 8.56. The van der Waals surface area contributed by atoms with Crippen LogP contribution in [-0.4, -0.2) is 6.54 Å². The summed E-state index contributed by atoms with van der Waals surface area (Å²) in [5.41, 5.74) is 8.43. The van der Waals surface area contributed by atoms with Crippen LogP contribution in [0.3, 0.4) is 0 Å². The fourth-order valence-corrected chi connectivity index (χ4v) is 1.18. The van der Waals surface area contributed by atoms with Crippen molar-refractivity contribution in [1.29, 1.82) is 0 Å². The van der Waals surface area contributed by atoms with Gasteiger partial charge in [-0.25, -0.2) is 0 Å². The second-order valence-electron chi connectivity index (χ2n) is 2.88. The summed E-state index contributed by atoms with van der Waals surface area (Å²) in [5, 5.41) is 0. The largest absolute Gasteiger partial charge is 0.330 e. The lowest BCUT2D eigenvalue weighted by Gasteiger charge is -2.10. The standard InChI is InChI=1S/C9H15N.C2H6.CH4/c1-8-2-4-9(5-3-8)6-7-10;1-2;/h2,4H,3,5-7,10H2,1H3;1-2H3;1H4. The van der Waals surface area contributed by atoms with Gasteiger partial charge in [0.2, 0.25) is 0 Å². The first-order valence-electron chi connectivity index (χ1n) is 4.88. The molecule has 0 unspecified atom stereocenters. The van der Waals surface area contributed by atoms with Gasteiger partial charge >= 0.3 is 0 Å². The maximum absolute atomic E-state index is 5.43. The Bertz CT molecular complexity index is 162. The SMILES string of the molecule is C.CC.CC1=CC=C(CCN)CC1. The molecule has 0 aliphatic heterocycles. The third-order valence-corrected chi connectivity index (χ3v) is 1.91. The summed E-state index contributed by atoms with van der Waals surface area (Å²) in [5.74, 6) is 0. The molecule has 0 aromatic rings. The van der Waals surface area contributed by atoms with Gasteiger partial charge in [-0.1, -0.05) is 44.6 Å². The molecule has 2 N–H and O–H groups in total. The van der Waals surface area contributed by atoms with E-state index in [1.54, 1.807) is 0 Å². The van der Waals surface area contributed by atoms with Crippen LogP contribution in [0.15, 0.2) is 23.3 Å². The highest BCUT2D eigenvalue weighted by Crippen LogP contribution is 2.19. The molecule has 0 fully saturated rings. The quantitative estimate of drug-likeness (QED) is 0.694. The fourth-order valence-electron chi connectivity index (χ4n) is 1.18. The number of hydrogen-bond acceptors (Lipinski definition) is 1. The summed E-state index contributed by atoms with van der Waals surface area (Å²) >= 11 is 0. The van der Waals surface area contributed by atoms with Crippen LogP contribution in [-0.2, 0) is 0 Å². The summed E-state index contributed by atoms with van der Waals surface area (Å²) < 4.78 is 0. The first-order chi connectivity index (χ1) is 5.83. The van der Waals surface area contributed by atoms with Crippen molar-refractivity contribution in [3.63, 3.8) is 0 Å². The van der Waals surface area contributed by atoms with Gasteiger partial charge in [-0.2, -0.15) is 0 Å². The second-order valence-corrected chi connectivity index (χ2v) is 2.88. The Balaban J connectivity index is 0. The molecule has 0 bridgehead atoms. The fraction of sp³-hybridized carbons (Fsp3) is 0.667. The molecule has 0 radical (unpaired) electrons. The topological polar surface area (TPSA) is 26.0 Å². The molecule has 1 aliphatic rings. The first-order valence-corrected chi connectivity index (χ1v) is 4.88. The van der Waals surface area contributed by atoms with E-state index < -0.39 is 0 Å². The Morgan fingerprint density at radius 3 is 2.23 bits per heavy atom. The maximum Gasteiger partial charge on any atom is -0.00398 e. The van der Waals surface area contributed by atoms with Crippen molar-refractivity contribution in [3.05, 3.63) is 23.3 Å². The van der Waals surface area contributed by atoms with Crippen LogP contribution < -0.4 is 5.73 Å². The number of rotatable bonds is 2. The zero-order valence-corrected chi connectivity index (χ0v) is 8.56. The minimum atomic E-state index is 0. The molecule has 78 valence electrons. The molecule has 0 aromatic carbocycles. The molecule has 1 heteroatoms. The van der Waals surface area contributed by atoms with Crippen LogP contribution in [0.4, 0.5) is 0 Å². The van der Waals surface area contributed by atoms with Gasteiger partial charge in [0.25, 0.3) is 0 Å². The molecule has 0 aromatic heterocycles. The summed E-state index contributed by atoms with van der Waals surface area (Å²) in [6.45, 7) is 6.97. The van der Waals surface area contributed by atoms with Gasteiger partial charge in [-0.05, 0) is 32.7 Å². The molecule has 1 aliphatic carbocycles. The summed E-state index contributed by atoms with van der Waals surface area (Å²) in [6.07, 6.45) is 7.94. The van der Waals surface area contributed by atoms with E-state index in [4.69, 9.17) is 5.73 Å². The average Bonchev–Trinajstić information content (AvgIpc) is 2.13. The van der Waals surface area contributed by atoms with E-state index in [1.165, 1.54) is 24.0 Å². The van der Waals surface area contributed by atoms with Crippen molar-refractivity contribution in [2.45, 2.75) is 47.5 Å². The highest BCUT2D eigenvalue weighted by atomic mass is 14.5. The van der Waals surface area contributed by atoms with Crippen LogP contribution in [0.25, 0.3) is 0 Å². The Kier molecular flexibility index (Phi) is 10.9. The van der Waals surface area contributed by atoms with Crippen molar-refractivity contribution >= 4 is 0 Å². The van der Waals surface area contributed by atoms with Gasteiger partial charge < -0.3 is 5.73 Å². The Morgan fingerprint density at radius 2 is 1.85 bits per heavy atom. The van der Waals surface area contributed by atoms with Gasteiger partial charge in [-0.15, -0.1) is 0 Å². The predicted molar refractivity (Wildman–Crippen MR) is 62.8 cm³/mol. The predicted octanol–water partition coefficient (Wildman–Crippen LogP) is 3.66. The number of allylic oxidation sites excluding steroid dienone is 3. The minimum Gasteiger partial charge on any atom is -0.330 e. The van der Waals surface area contributed by atoms with Crippen LogP contribution in [0.5, 0.6) is 0 Å². The molecule has 0 saturated heterocycles. The molecular formula is C12H25N. The molecule has 13 heavy (non-hydrogen) atoms. The van der Waals surface area contributed by atoms with E-state index >= 15 is 0 Å². The summed E-state index contributed by atoms with van der Waals surface area (Å²) in [4.78, 5) is 0. The lowest BCUT2D eigenvalue weighted by molar-refractivity contribution is 0.823. The van der Waals surface area contributed by atoms with Gasteiger partial charge in [0, 0.05) is 0 Å². The zero-order chi connectivity index (χ0) is 9.40. The van der Waals surface area contributed by atoms with Crippen LogP contribution in [0.2, 0.25) is 0 Å². The molecule has 0 saturated carbocycles. The van der Waals surface area contributed by atoms with E-state index in [0.29, 0.717) is 0 Å². The molecule has 0 heterocycles. The third kappa shape index (κ3) is 6.59. The number of nitrogens with two attached hydrogens (primary N) is 1. The monoisotopic (exact) mass is 183 g/mol. The number of hydrogen-bond donors (Lipinski definition) is 1. The van der Waals surface area contributed by atoms with Gasteiger partial charge in [0.1, 0.15) is 0 Å². The molecule has 0 atom stereocenters. The maximum atomic E-state index is 5.43. The molecule has 0 spiro atoms. The van der Waals surface area contributed by atoms with E-state index in [0.717, 1.165) is 13.0 Å². The van der Waals surface area contributed by atoms with E-state index in [-0.39, 0.29) is 7.43 Å². The molecule has 1 nitrogen and oxygen atoms in total. The second kappa shape index (κ2) is 9.53. The highest BCUT2D eigenvalue weighted by Gasteiger charge is 2.00. The average molecular weight is 183 g/mol. The Hall–Kier alpha value is -0.560. The van der Waals surface area contributed by atoms with Crippen LogP contribution >= 0.6 is 0 Å². The minimum absolute atomic E-state index is 0. The smallest absolute Gasteiger partial charge is 0.00398 e. The van der Waals surface area contributed by atoms with Gasteiger partial charge in [-0.3, -0.25) is 0 Å². The molecule has 0 amide bonds. The lowest BCUT2D eigenvalue weighted by atomic mass is 9.97. The van der Waals surface area contributed by atoms with Crippen molar-refractivity contribution in [2.24, 2.45) is 5.73 Å². The van der Waals surface area contributed by atoms with Crippen molar-refractivity contribution in [1.82, 2.24) is 0 Å². The third-order valence-electron chi connectivity index (χ3n) is 1.91. The Morgan fingerprint density at radius 1 is 1.23 bits per heavy atom. The molecule has 1 rings (SSSR count). The van der Waals surface area contributed by atoms with Gasteiger partial charge in [0.05, 0.1) is 0 Å². The molecular weight excluding hydrogens is 158 g/mol. The van der Waals surface area contributed by atoms with Crippen molar-refractivity contribution < 1.29 is 0 Å². The Labute approximate surface area is 83.7 Å². The van der Waals surface area contributed by atoms with E-state index in [2.05, 4.69) is 19.1 Å². The van der Waals surface area contributed by atoms with Crippen molar-refractivity contribution in [3.8, 4) is 0 Å². The van der Waals surface area contributed by atoms with Gasteiger partial charge in [0.15, 0.2) is 0 Å². The van der Waals surface area contributed by atoms with E-state index in [1.807, 2.05) is 13.8 Å². The first kappa shape index (κ1) is 14.9. The van der Waals surface area contributed by atoms with Crippen LogP contribution in [0, 0.1) is 0 Å². The lowest BCUT2D eigenvalue weighted by Crippen LogP contribution is -2.01. The van der Waals surface area contributed by atoms with E-state index in [9.17, 15) is 0 Å². The van der Waals surface area contributed by atoms with Crippen molar-refractivity contribution in [2.75, 3.05) is 6.54 Å². The highest BCUT2D eigenvalue weighted by molar-refractivity contribution is 5.22. The summed E-state index contributed by atoms with van der Waals surface area (Å²) in [6, 6.07) is 0.